The second-order valence-electron chi connectivity index (χ2n) is 6.59. The Labute approximate surface area is 122 Å². The van der Waals surface area contributed by atoms with Crippen LogP contribution in [-0.4, -0.2) is 36.4 Å². The first-order valence-corrected chi connectivity index (χ1v) is 8.19. The van der Waals surface area contributed by atoms with Gasteiger partial charge in [0.1, 0.15) is 0 Å². The van der Waals surface area contributed by atoms with E-state index in [0.29, 0.717) is 12.5 Å². The standard InChI is InChI=1S/C16H29NO3/c1-13(14-6-10-20-11-7-14)15(18)17-12-16(19)8-4-2-3-5-9-16/h13-14,19H,2-12H2,1H3,(H,17,18). The first-order chi connectivity index (χ1) is 9.61. The Morgan fingerprint density at radius 2 is 1.85 bits per heavy atom. The molecule has 1 saturated heterocycles. The molecule has 0 bridgehead atoms. The predicted octanol–water partition coefficient (Wildman–Crippen LogP) is 2.25. The zero-order chi connectivity index (χ0) is 14.4. The average Bonchev–Trinajstić information content (AvgIpc) is 2.70. The highest BCUT2D eigenvalue weighted by Gasteiger charge is 2.31. The fourth-order valence-electron chi connectivity index (χ4n) is 3.41. The maximum atomic E-state index is 12.3. The number of nitrogens with one attached hydrogen (secondary N) is 1. The van der Waals surface area contributed by atoms with Crippen LogP contribution in [0.1, 0.15) is 58.3 Å². The van der Waals surface area contributed by atoms with E-state index in [-0.39, 0.29) is 11.8 Å². The van der Waals surface area contributed by atoms with Crippen LogP contribution in [0, 0.1) is 11.8 Å². The summed E-state index contributed by atoms with van der Waals surface area (Å²) in [6.45, 7) is 3.96. The highest BCUT2D eigenvalue weighted by atomic mass is 16.5. The van der Waals surface area contributed by atoms with Crippen LogP contribution in [0.3, 0.4) is 0 Å². The quantitative estimate of drug-likeness (QED) is 0.778. The molecule has 0 spiro atoms. The largest absolute Gasteiger partial charge is 0.388 e. The zero-order valence-electron chi connectivity index (χ0n) is 12.7. The van der Waals surface area contributed by atoms with Crippen molar-refractivity contribution in [1.29, 1.82) is 0 Å². The Balaban J connectivity index is 1.78. The lowest BCUT2D eigenvalue weighted by atomic mass is 9.86. The molecule has 20 heavy (non-hydrogen) atoms. The van der Waals surface area contributed by atoms with E-state index in [2.05, 4.69) is 5.32 Å². The molecule has 1 atom stereocenters. The second-order valence-corrected chi connectivity index (χ2v) is 6.59. The van der Waals surface area contributed by atoms with Crippen molar-refractivity contribution >= 4 is 5.91 Å². The van der Waals surface area contributed by atoms with Crippen molar-refractivity contribution < 1.29 is 14.6 Å². The first kappa shape index (κ1) is 15.8. The van der Waals surface area contributed by atoms with E-state index in [1.54, 1.807) is 0 Å². The Bertz CT molecular complexity index is 305. The van der Waals surface area contributed by atoms with Crippen molar-refractivity contribution in [1.82, 2.24) is 5.32 Å². The van der Waals surface area contributed by atoms with E-state index in [4.69, 9.17) is 4.74 Å². The van der Waals surface area contributed by atoms with Gasteiger partial charge in [0, 0.05) is 25.7 Å². The third-order valence-electron chi connectivity index (χ3n) is 5.01. The minimum absolute atomic E-state index is 0.0216. The van der Waals surface area contributed by atoms with Crippen LogP contribution in [-0.2, 0) is 9.53 Å². The van der Waals surface area contributed by atoms with Crippen LogP contribution in [0.4, 0.5) is 0 Å². The van der Waals surface area contributed by atoms with E-state index in [1.807, 2.05) is 6.92 Å². The lowest BCUT2D eigenvalue weighted by Crippen LogP contribution is -2.45. The van der Waals surface area contributed by atoms with E-state index >= 15 is 0 Å². The van der Waals surface area contributed by atoms with Crippen LogP contribution in [0.2, 0.25) is 0 Å². The third-order valence-corrected chi connectivity index (χ3v) is 5.01. The highest BCUT2D eigenvalue weighted by Crippen LogP contribution is 2.27. The topological polar surface area (TPSA) is 58.6 Å². The summed E-state index contributed by atoms with van der Waals surface area (Å²) in [5.41, 5.74) is -0.679. The SMILES string of the molecule is CC(C(=O)NCC1(O)CCCCCC1)C1CCOCC1. The number of ether oxygens (including phenoxy) is 1. The summed E-state index contributed by atoms with van der Waals surface area (Å²) >= 11 is 0. The number of hydrogen-bond acceptors (Lipinski definition) is 3. The molecule has 0 radical (unpaired) electrons. The summed E-state index contributed by atoms with van der Waals surface area (Å²) < 4.78 is 5.34. The summed E-state index contributed by atoms with van der Waals surface area (Å²) in [6, 6.07) is 0. The lowest BCUT2D eigenvalue weighted by Gasteiger charge is -2.30. The number of carbonyl (C=O) groups excluding carboxylic acids is 1. The number of aliphatic hydroxyl groups is 1. The molecule has 1 aliphatic carbocycles. The monoisotopic (exact) mass is 283 g/mol. The van der Waals surface area contributed by atoms with Crippen LogP contribution in [0.5, 0.6) is 0 Å². The molecule has 4 nitrogen and oxygen atoms in total. The number of amides is 1. The predicted molar refractivity (Wildman–Crippen MR) is 78.4 cm³/mol. The molecule has 1 saturated carbocycles. The maximum Gasteiger partial charge on any atom is 0.223 e. The molecule has 4 heteroatoms. The van der Waals surface area contributed by atoms with Gasteiger partial charge in [-0.1, -0.05) is 32.6 Å². The molecule has 1 amide bonds. The van der Waals surface area contributed by atoms with E-state index < -0.39 is 5.60 Å². The maximum absolute atomic E-state index is 12.3. The van der Waals surface area contributed by atoms with Gasteiger partial charge in [-0.2, -0.15) is 0 Å². The Morgan fingerprint density at radius 3 is 2.45 bits per heavy atom. The summed E-state index contributed by atoms with van der Waals surface area (Å²) in [5, 5.41) is 13.5. The van der Waals surface area contributed by atoms with Crippen LogP contribution < -0.4 is 5.32 Å². The molecular formula is C16H29NO3. The van der Waals surface area contributed by atoms with Crippen LogP contribution in [0.25, 0.3) is 0 Å². The number of carbonyl (C=O) groups is 1. The molecule has 116 valence electrons. The number of hydrogen-bond donors (Lipinski definition) is 2. The van der Waals surface area contributed by atoms with Crippen LogP contribution >= 0.6 is 0 Å². The molecule has 1 heterocycles. The fraction of sp³-hybridized carbons (Fsp3) is 0.938. The van der Waals surface area contributed by atoms with Gasteiger partial charge in [0.2, 0.25) is 5.91 Å². The molecule has 0 aromatic heterocycles. The van der Waals surface area contributed by atoms with Crippen molar-refractivity contribution in [3.05, 3.63) is 0 Å². The summed E-state index contributed by atoms with van der Waals surface area (Å²) in [5.74, 6) is 0.537. The van der Waals surface area contributed by atoms with Gasteiger partial charge in [0.25, 0.3) is 0 Å². The van der Waals surface area contributed by atoms with Crippen molar-refractivity contribution in [3.8, 4) is 0 Å². The van der Waals surface area contributed by atoms with E-state index in [1.165, 1.54) is 12.8 Å². The van der Waals surface area contributed by atoms with Gasteiger partial charge >= 0.3 is 0 Å². The molecule has 1 aliphatic heterocycles. The Kier molecular flexibility index (Phi) is 5.85. The first-order valence-electron chi connectivity index (χ1n) is 8.19. The van der Waals surface area contributed by atoms with Crippen molar-refractivity contribution in [2.75, 3.05) is 19.8 Å². The molecule has 2 N–H and O–H groups in total. The van der Waals surface area contributed by atoms with Gasteiger partial charge < -0.3 is 15.2 Å². The van der Waals surface area contributed by atoms with Gasteiger partial charge in [-0.15, -0.1) is 0 Å². The summed E-state index contributed by atoms with van der Waals surface area (Å²) in [4.78, 5) is 12.3. The zero-order valence-corrected chi connectivity index (χ0v) is 12.7. The fourth-order valence-corrected chi connectivity index (χ4v) is 3.41. The van der Waals surface area contributed by atoms with Gasteiger partial charge in [0.15, 0.2) is 0 Å². The van der Waals surface area contributed by atoms with Gasteiger partial charge in [-0.25, -0.2) is 0 Å². The Morgan fingerprint density at radius 1 is 1.25 bits per heavy atom. The van der Waals surface area contributed by atoms with Gasteiger partial charge in [-0.3, -0.25) is 4.79 Å². The highest BCUT2D eigenvalue weighted by molar-refractivity contribution is 5.78. The van der Waals surface area contributed by atoms with E-state index in [9.17, 15) is 9.90 Å². The molecular weight excluding hydrogens is 254 g/mol. The normalized spacial score (nSPS) is 25.7. The van der Waals surface area contributed by atoms with Crippen molar-refractivity contribution in [2.24, 2.45) is 11.8 Å². The number of rotatable bonds is 4. The lowest BCUT2D eigenvalue weighted by molar-refractivity contribution is -0.128. The van der Waals surface area contributed by atoms with Gasteiger partial charge in [0.05, 0.1) is 5.60 Å². The minimum atomic E-state index is -0.679. The summed E-state index contributed by atoms with van der Waals surface area (Å²) in [6.07, 6.45) is 8.13. The molecule has 2 aliphatic rings. The minimum Gasteiger partial charge on any atom is -0.388 e. The molecule has 2 fully saturated rings. The van der Waals surface area contributed by atoms with E-state index in [0.717, 1.165) is 51.7 Å². The smallest absolute Gasteiger partial charge is 0.223 e. The van der Waals surface area contributed by atoms with Gasteiger partial charge in [-0.05, 0) is 31.6 Å². The molecule has 2 rings (SSSR count). The van der Waals surface area contributed by atoms with Crippen LogP contribution in [0.15, 0.2) is 0 Å². The molecule has 0 aromatic rings. The van der Waals surface area contributed by atoms with Crippen molar-refractivity contribution in [3.63, 3.8) is 0 Å². The molecule has 1 unspecified atom stereocenters. The molecule has 0 aromatic carbocycles. The van der Waals surface area contributed by atoms with Crippen molar-refractivity contribution in [2.45, 2.75) is 63.9 Å². The summed E-state index contributed by atoms with van der Waals surface area (Å²) in [7, 11) is 0. The third kappa shape index (κ3) is 4.45. The average molecular weight is 283 g/mol. The second kappa shape index (κ2) is 7.41. The Hall–Kier alpha value is -0.610.